The molecule has 0 aliphatic carbocycles. The molecule has 1 aromatic heterocycles. The second kappa shape index (κ2) is 9.27. The van der Waals surface area contributed by atoms with Gasteiger partial charge in [0.25, 0.3) is 5.56 Å². The lowest BCUT2D eigenvalue weighted by Gasteiger charge is -2.37. The molecule has 3 N–H and O–H groups in total. The molecule has 1 spiro atoms. The third-order valence-electron chi connectivity index (χ3n) is 6.08. The van der Waals surface area contributed by atoms with Crippen molar-refractivity contribution in [3.8, 4) is 0 Å². The Balaban J connectivity index is 1.53. The Morgan fingerprint density at radius 1 is 1.16 bits per heavy atom. The summed E-state index contributed by atoms with van der Waals surface area (Å²) in [6.07, 6.45) is 1.38. The van der Waals surface area contributed by atoms with Crippen LogP contribution in [0.3, 0.4) is 0 Å². The number of aromatic amines is 1. The lowest BCUT2D eigenvalue weighted by Crippen LogP contribution is -2.50. The summed E-state index contributed by atoms with van der Waals surface area (Å²) in [4.78, 5) is 43.9. The van der Waals surface area contributed by atoms with E-state index >= 15 is 0 Å². The zero-order chi connectivity index (χ0) is 22.7. The Bertz CT molecular complexity index is 1060. The maximum atomic E-state index is 13.1. The number of hydrogen-bond donors (Lipinski definition) is 2. The molecule has 172 valence electrons. The van der Waals surface area contributed by atoms with Crippen LogP contribution in [0.25, 0.3) is 0 Å². The Morgan fingerprint density at radius 2 is 1.81 bits per heavy atom. The molecule has 4 rings (SSSR count). The van der Waals surface area contributed by atoms with E-state index in [1.54, 1.807) is 6.92 Å². The van der Waals surface area contributed by atoms with E-state index in [9.17, 15) is 14.4 Å². The fourth-order valence-corrected chi connectivity index (χ4v) is 4.33. The lowest BCUT2D eigenvalue weighted by molar-refractivity contribution is -0.185. The number of likely N-dealkylation sites (tertiary alicyclic amines) is 1. The molecule has 32 heavy (non-hydrogen) atoms. The van der Waals surface area contributed by atoms with Gasteiger partial charge in [0.2, 0.25) is 5.91 Å². The molecule has 2 aromatic rings. The summed E-state index contributed by atoms with van der Waals surface area (Å²) >= 11 is 0. The number of aromatic nitrogens is 2. The van der Waals surface area contributed by atoms with E-state index in [0.29, 0.717) is 39.1 Å². The number of piperidine rings is 1. The first kappa shape index (κ1) is 22.3. The number of carbonyl (C=O) groups is 1. The number of carbonyl (C=O) groups excluding carboxylic acids is 1. The SMILES string of the molecule is CCN(C(=O)CN1CCC2(CC1)OCCO2)c1c(N)n(Cc2ccccc2)c(=O)[nH]c1=O. The van der Waals surface area contributed by atoms with Crippen LogP contribution in [0.2, 0.25) is 0 Å². The number of nitrogens with two attached hydrogens (primary N) is 1. The van der Waals surface area contributed by atoms with Gasteiger partial charge in [0.05, 0.1) is 26.3 Å². The molecule has 1 amide bonds. The van der Waals surface area contributed by atoms with Crippen molar-refractivity contribution in [2.24, 2.45) is 0 Å². The van der Waals surface area contributed by atoms with E-state index < -0.39 is 17.0 Å². The number of hydrogen-bond acceptors (Lipinski definition) is 7. The highest BCUT2D eigenvalue weighted by Gasteiger charge is 2.40. The number of nitrogens with zero attached hydrogens (tertiary/aromatic N) is 3. The van der Waals surface area contributed by atoms with Crippen molar-refractivity contribution in [1.82, 2.24) is 14.5 Å². The predicted octanol–water partition coefficient (Wildman–Crippen LogP) is 0.359. The smallest absolute Gasteiger partial charge is 0.330 e. The number of anilines is 2. The quantitative estimate of drug-likeness (QED) is 0.661. The maximum absolute atomic E-state index is 13.1. The minimum Gasteiger partial charge on any atom is -0.383 e. The standard InChI is InChI=1S/C22H29N5O5/c1-2-26(17(28)15-25-10-8-22(9-11-25)31-12-13-32-22)18-19(23)27(21(30)24-20(18)29)14-16-6-4-3-5-7-16/h3-7H,2,8-15,23H2,1H3,(H,24,29,30). The molecule has 2 fully saturated rings. The van der Waals surface area contributed by atoms with Gasteiger partial charge >= 0.3 is 5.69 Å². The van der Waals surface area contributed by atoms with Crippen molar-refractivity contribution in [1.29, 1.82) is 0 Å². The first-order valence-electron chi connectivity index (χ1n) is 10.9. The van der Waals surface area contributed by atoms with Crippen molar-refractivity contribution in [3.63, 3.8) is 0 Å². The van der Waals surface area contributed by atoms with Gasteiger partial charge in [-0.1, -0.05) is 30.3 Å². The number of nitrogen functional groups attached to an aromatic ring is 1. The van der Waals surface area contributed by atoms with Crippen LogP contribution in [0.4, 0.5) is 11.5 Å². The summed E-state index contributed by atoms with van der Waals surface area (Å²) in [6.45, 7) is 4.86. The number of benzene rings is 1. The summed E-state index contributed by atoms with van der Waals surface area (Å²) < 4.78 is 12.8. The normalized spacial score (nSPS) is 18.2. The predicted molar refractivity (Wildman–Crippen MR) is 120 cm³/mol. The molecule has 2 aliphatic rings. The number of H-pyrrole nitrogens is 1. The summed E-state index contributed by atoms with van der Waals surface area (Å²) in [6, 6.07) is 9.31. The van der Waals surface area contributed by atoms with Crippen LogP contribution in [0.1, 0.15) is 25.3 Å². The van der Waals surface area contributed by atoms with Crippen molar-refractivity contribution in [2.45, 2.75) is 32.1 Å². The highest BCUT2D eigenvalue weighted by molar-refractivity contribution is 5.96. The van der Waals surface area contributed by atoms with Gasteiger partial charge in [-0.2, -0.15) is 0 Å². The van der Waals surface area contributed by atoms with Crippen molar-refractivity contribution < 1.29 is 14.3 Å². The van der Waals surface area contributed by atoms with Crippen molar-refractivity contribution >= 4 is 17.4 Å². The fourth-order valence-electron chi connectivity index (χ4n) is 4.33. The third-order valence-corrected chi connectivity index (χ3v) is 6.08. The minimum atomic E-state index is -0.669. The molecule has 0 atom stereocenters. The Hall–Kier alpha value is -2.95. The number of rotatable bonds is 6. The van der Waals surface area contributed by atoms with Gasteiger partial charge in [-0.15, -0.1) is 0 Å². The van der Waals surface area contributed by atoms with E-state index in [-0.39, 0.29) is 37.0 Å². The highest BCUT2D eigenvalue weighted by Crippen LogP contribution is 2.31. The molecule has 0 saturated carbocycles. The van der Waals surface area contributed by atoms with E-state index in [1.165, 1.54) is 9.47 Å². The van der Waals surface area contributed by atoms with Crippen LogP contribution in [-0.2, 0) is 20.8 Å². The third kappa shape index (κ3) is 4.47. The van der Waals surface area contributed by atoms with E-state index in [1.807, 2.05) is 35.2 Å². The molecule has 10 nitrogen and oxygen atoms in total. The second-order valence-corrected chi connectivity index (χ2v) is 8.09. The Labute approximate surface area is 185 Å². The molecule has 1 aromatic carbocycles. The molecule has 0 unspecified atom stereocenters. The van der Waals surface area contributed by atoms with Gasteiger partial charge in [-0.05, 0) is 12.5 Å². The van der Waals surface area contributed by atoms with E-state index in [0.717, 1.165) is 5.56 Å². The minimum absolute atomic E-state index is 0.00368. The van der Waals surface area contributed by atoms with Crippen LogP contribution in [-0.4, -0.2) is 65.5 Å². The fraction of sp³-hybridized carbons (Fsp3) is 0.500. The zero-order valence-corrected chi connectivity index (χ0v) is 18.2. The lowest BCUT2D eigenvalue weighted by atomic mass is 10.0. The Morgan fingerprint density at radius 3 is 2.44 bits per heavy atom. The van der Waals surface area contributed by atoms with Crippen LogP contribution >= 0.6 is 0 Å². The maximum Gasteiger partial charge on any atom is 0.330 e. The van der Waals surface area contributed by atoms with Gasteiger partial charge < -0.3 is 20.1 Å². The molecule has 2 aliphatic heterocycles. The number of likely N-dealkylation sites (N-methyl/N-ethyl adjacent to an activating group) is 1. The summed E-state index contributed by atoms with van der Waals surface area (Å²) in [5, 5.41) is 0. The van der Waals surface area contributed by atoms with Crippen LogP contribution < -0.4 is 21.9 Å². The molecule has 10 heteroatoms. The summed E-state index contributed by atoms with van der Waals surface area (Å²) in [5.41, 5.74) is 5.84. The summed E-state index contributed by atoms with van der Waals surface area (Å²) in [7, 11) is 0. The molecule has 2 saturated heterocycles. The van der Waals surface area contributed by atoms with Gasteiger partial charge in [0, 0.05) is 32.5 Å². The Kier molecular flexibility index (Phi) is 6.45. The topological polar surface area (TPSA) is 123 Å². The van der Waals surface area contributed by atoms with Gasteiger partial charge in [-0.25, -0.2) is 4.79 Å². The highest BCUT2D eigenvalue weighted by atomic mass is 16.7. The van der Waals surface area contributed by atoms with Crippen molar-refractivity contribution in [2.75, 3.05) is 50.0 Å². The first-order valence-corrected chi connectivity index (χ1v) is 10.9. The number of nitrogens with one attached hydrogen (secondary N) is 1. The number of ether oxygens (including phenoxy) is 2. The van der Waals surface area contributed by atoms with E-state index in [2.05, 4.69) is 4.98 Å². The van der Waals surface area contributed by atoms with Crippen LogP contribution in [0.5, 0.6) is 0 Å². The number of amides is 1. The van der Waals surface area contributed by atoms with Crippen molar-refractivity contribution in [3.05, 3.63) is 56.7 Å². The second-order valence-electron chi connectivity index (χ2n) is 8.09. The largest absolute Gasteiger partial charge is 0.383 e. The average Bonchev–Trinajstić information content (AvgIpc) is 3.24. The molecule has 0 bridgehead atoms. The van der Waals surface area contributed by atoms with Gasteiger partial charge in [-0.3, -0.25) is 24.0 Å². The molecular formula is C22H29N5O5. The van der Waals surface area contributed by atoms with Gasteiger partial charge in [0.1, 0.15) is 5.82 Å². The summed E-state index contributed by atoms with van der Waals surface area (Å²) in [5.74, 6) is -0.791. The van der Waals surface area contributed by atoms with Gasteiger partial charge in [0.15, 0.2) is 11.5 Å². The van der Waals surface area contributed by atoms with E-state index in [4.69, 9.17) is 15.2 Å². The van der Waals surface area contributed by atoms with Crippen LogP contribution in [0, 0.1) is 0 Å². The zero-order valence-electron chi connectivity index (χ0n) is 18.2. The molecule has 0 radical (unpaired) electrons. The first-order chi connectivity index (χ1) is 15.4. The molecule has 3 heterocycles. The average molecular weight is 444 g/mol. The molecular weight excluding hydrogens is 414 g/mol. The monoisotopic (exact) mass is 443 g/mol. The van der Waals surface area contributed by atoms with Crippen LogP contribution in [0.15, 0.2) is 39.9 Å².